The molecule has 0 radical (unpaired) electrons. The lowest BCUT2D eigenvalue weighted by atomic mass is 9.99. The average molecular weight is 265 g/mol. The highest BCUT2D eigenvalue weighted by molar-refractivity contribution is 6.31. The van der Waals surface area contributed by atoms with Gasteiger partial charge in [0.2, 0.25) is 0 Å². The maximum atomic E-state index is 6.14. The number of hydrogen-bond acceptors (Lipinski definition) is 3. The topological polar surface area (TPSA) is 52.0 Å². The van der Waals surface area contributed by atoms with Crippen molar-refractivity contribution < 1.29 is 4.52 Å². The fraction of sp³-hybridized carbons (Fsp3) is 0.357. The highest BCUT2D eigenvalue weighted by Crippen LogP contribution is 2.32. The largest absolute Gasteiger partial charge is 0.381 e. The molecule has 0 fully saturated rings. The Balaban J connectivity index is 2.47. The molecule has 0 saturated carbocycles. The summed E-state index contributed by atoms with van der Waals surface area (Å²) in [7, 11) is 0. The minimum Gasteiger partial charge on any atom is -0.381 e. The monoisotopic (exact) mass is 264 g/mol. The van der Waals surface area contributed by atoms with E-state index in [2.05, 4.69) is 19.0 Å². The van der Waals surface area contributed by atoms with Gasteiger partial charge in [0.05, 0.1) is 0 Å². The fourth-order valence-electron chi connectivity index (χ4n) is 1.89. The summed E-state index contributed by atoms with van der Waals surface area (Å²) in [4.78, 5) is 0. The maximum absolute atomic E-state index is 6.14. The molecule has 0 aliphatic rings. The van der Waals surface area contributed by atoms with Crippen LogP contribution in [0.3, 0.4) is 0 Å². The van der Waals surface area contributed by atoms with Gasteiger partial charge in [-0.25, -0.2) is 0 Å². The highest BCUT2D eigenvalue weighted by atomic mass is 35.5. The van der Waals surface area contributed by atoms with Crippen molar-refractivity contribution in [1.82, 2.24) is 5.16 Å². The number of hydrogen-bond donors (Lipinski definition) is 1. The van der Waals surface area contributed by atoms with Crippen LogP contribution in [0.5, 0.6) is 0 Å². The third kappa shape index (κ3) is 2.51. The predicted molar refractivity (Wildman–Crippen MR) is 74.6 cm³/mol. The van der Waals surface area contributed by atoms with Crippen LogP contribution in [0.25, 0.3) is 11.3 Å². The fourth-order valence-corrected chi connectivity index (χ4v) is 2.07. The summed E-state index contributed by atoms with van der Waals surface area (Å²) in [6.07, 6.45) is 0.843. The number of nitrogens with two attached hydrogens (primary N) is 1. The Kier molecular flexibility index (Phi) is 3.62. The number of benzene rings is 1. The number of nitrogen functional groups attached to an aromatic ring is 1. The first kappa shape index (κ1) is 13.0. The van der Waals surface area contributed by atoms with Crippen LogP contribution in [0.15, 0.2) is 22.7 Å². The van der Waals surface area contributed by atoms with Gasteiger partial charge in [0.15, 0.2) is 11.6 Å². The Morgan fingerprint density at radius 2 is 2.11 bits per heavy atom. The van der Waals surface area contributed by atoms with E-state index in [4.69, 9.17) is 21.9 Å². The Bertz CT molecular complexity index is 561. The van der Waals surface area contributed by atoms with Crippen LogP contribution in [0, 0.1) is 12.8 Å². The van der Waals surface area contributed by atoms with Crippen LogP contribution in [0.1, 0.15) is 25.0 Å². The van der Waals surface area contributed by atoms with E-state index < -0.39 is 0 Å². The molecule has 0 aliphatic heterocycles. The van der Waals surface area contributed by atoms with Crippen LogP contribution >= 0.6 is 11.6 Å². The van der Waals surface area contributed by atoms with Gasteiger partial charge >= 0.3 is 0 Å². The van der Waals surface area contributed by atoms with E-state index in [0.717, 1.165) is 33.9 Å². The van der Waals surface area contributed by atoms with Crippen molar-refractivity contribution in [3.63, 3.8) is 0 Å². The standard InChI is InChI=1S/C14H17ClN2O/c1-8(2)6-11-13(18-17-14(11)16)10-5-4-9(3)12(15)7-10/h4-5,7-8H,6H2,1-3H3,(H2,16,17). The van der Waals surface area contributed by atoms with E-state index in [1.165, 1.54) is 0 Å². The Labute approximate surface area is 112 Å². The van der Waals surface area contributed by atoms with Gasteiger partial charge in [-0.2, -0.15) is 0 Å². The molecular weight excluding hydrogens is 248 g/mol. The summed E-state index contributed by atoms with van der Waals surface area (Å²) in [6.45, 7) is 6.24. The normalized spacial score (nSPS) is 11.2. The first-order valence-electron chi connectivity index (χ1n) is 5.99. The van der Waals surface area contributed by atoms with Crippen molar-refractivity contribution in [2.45, 2.75) is 27.2 Å². The molecule has 0 spiro atoms. The molecular formula is C14H17ClN2O. The van der Waals surface area contributed by atoms with Gasteiger partial charge in [0.1, 0.15) is 0 Å². The Morgan fingerprint density at radius 1 is 1.39 bits per heavy atom. The minimum atomic E-state index is 0.468. The Hall–Kier alpha value is -1.48. The minimum absolute atomic E-state index is 0.468. The lowest BCUT2D eigenvalue weighted by Gasteiger charge is -2.06. The summed E-state index contributed by atoms with van der Waals surface area (Å²) in [5.41, 5.74) is 8.78. The molecule has 0 saturated heterocycles. The van der Waals surface area contributed by atoms with Gasteiger partial charge in [-0.1, -0.05) is 42.7 Å². The Morgan fingerprint density at radius 3 is 2.72 bits per heavy atom. The number of rotatable bonds is 3. The SMILES string of the molecule is Cc1ccc(-c2onc(N)c2CC(C)C)cc1Cl. The van der Waals surface area contributed by atoms with Crippen molar-refractivity contribution in [1.29, 1.82) is 0 Å². The number of nitrogens with zero attached hydrogens (tertiary/aromatic N) is 1. The van der Waals surface area contributed by atoms with Crippen molar-refractivity contribution >= 4 is 17.4 Å². The molecule has 2 rings (SSSR count). The van der Waals surface area contributed by atoms with Crippen LogP contribution in [0.4, 0.5) is 5.82 Å². The van der Waals surface area contributed by atoms with Gasteiger partial charge in [-0.3, -0.25) is 0 Å². The zero-order chi connectivity index (χ0) is 13.3. The van der Waals surface area contributed by atoms with Crippen LogP contribution in [0.2, 0.25) is 5.02 Å². The predicted octanol–water partition coefficient (Wildman–Crippen LogP) is 4.08. The molecule has 4 heteroatoms. The van der Waals surface area contributed by atoms with Gasteiger partial charge in [0, 0.05) is 16.1 Å². The summed E-state index contributed by atoms with van der Waals surface area (Å²) in [5.74, 6) is 1.69. The van der Waals surface area contributed by atoms with Crippen molar-refractivity contribution in [2.75, 3.05) is 5.73 Å². The quantitative estimate of drug-likeness (QED) is 0.909. The molecule has 0 aliphatic carbocycles. The molecule has 1 aromatic carbocycles. The molecule has 1 aromatic heterocycles. The molecule has 18 heavy (non-hydrogen) atoms. The third-order valence-corrected chi connectivity index (χ3v) is 3.27. The molecule has 96 valence electrons. The second kappa shape index (κ2) is 5.02. The number of halogens is 1. The second-order valence-electron chi connectivity index (χ2n) is 4.94. The van der Waals surface area contributed by atoms with Crippen LogP contribution in [-0.2, 0) is 6.42 Å². The molecule has 1 heterocycles. The number of anilines is 1. The van der Waals surface area contributed by atoms with E-state index in [0.29, 0.717) is 11.7 Å². The van der Waals surface area contributed by atoms with Gasteiger partial charge in [0.25, 0.3) is 0 Å². The van der Waals surface area contributed by atoms with E-state index in [1.54, 1.807) is 0 Å². The van der Waals surface area contributed by atoms with Crippen LogP contribution < -0.4 is 5.73 Å². The molecule has 2 N–H and O–H groups in total. The molecule has 0 bridgehead atoms. The first-order chi connectivity index (χ1) is 8.49. The molecule has 0 amide bonds. The number of aromatic nitrogens is 1. The van der Waals surface area contributed by atoms with E-state index in [-0.39, 0.29) is 0 Å². The first-order valence-corrected chi connectivity index (χ1v) is 6.37. The van der Waals surface area contributed by atoms with Crippen molar-refractivity contribution in [3.05, 3.63) is 34.3 Å². The molecule has 0 atom stereocenters. The maximum Gasteiger partial charge on any atom is 0.172 e. The smallest absolute Gasteiger partial charge is 0.172 e. The zero-order valence-electron chi connectivity index (χ0n) is 10.8. The molecule has 2 aromatic rings. The number of aryl methyl sites for hydroxylation is 1. The van der Waals surface area contributed by atoms with Gasteiger partial charge in [-0.05, 0) is 30.9 Å². The van der Waals surface area contributed by atoms with Crippen LogP contribution in [-0.4, -0.2) is 5.16 Å². The van der Waals surface area contributed by atoms with Gasteiger partial charge in [-0.15, -0.1) is 0 Å². The lowest BCUT2D eigenvalue weighted by molar-refractivity contribution is 0.434. The van der Waals surface area contributed by atoms with Crippen molar-refractivity contribution in [3.8, 4) is 11.3 Å². The zero-order valence-corrected chi connectivity index (χ0v) is 11.6. The summed E-state index contributed by atoms with van der Waals surface area (Å²) >= 11 is 6.14. The highest BCUT2D eigenvalue weighted by Gasteiger charge is 2.17. The summed E-state index contributed by atoms with van der Waals surface area (Å²) in [6, 6.07) is 5.83. The van der Waals surface area contributed by atoms with E-state index in [9.17, 15) is 0 Å². The average Bonchev–Trinajstić information content (AvgIpc) is 2.64. The summed E-state index contributed by atoms with van der Waals surface area (Å²) in [5, 5.41) is 4.58. The third-order valence-electron chi connectivity index (χ3n) is 2.86. The van der Waals surface area contributed by atoms with Gasteiger partial charge < -0.3 is 10.3 Å². The van der Waals surface area contributed by atoms with E-state index in [1.807, 2.05) is 25.1 Å². The van der Waals surface area contributed by atoms with E-state index >= 15 is 0 Å². The molecule has 0 unspecified atom stereocenters. The molecule has 3 nitrogen and oxygen atoms in total. The second-order valence-corrected chi connectivity index (χ2v) is 5.34. The van der Waals surface area contributed by atoms with Crippen molar-refractivity contribution in [2.24, 2.45) is 5.92 Å². The summed E-state index contributed by atoms with van der Waals surface area (Å²) < 4.78 is 5.34. The lowest BCUT2D eigenvalue weighted by Crippen LogP contribution is -1.99.